The van der Waals surface area contributed by atoms with Gasteiger partial charge in [0.2, 0.25) is 0 Å². The van der Waals surface area contributed by atoms with Crippen LogP contribution in [0.2, 0.25) is 0 Å². The normalized spacial score (nSPS) is 43.9. The Morgan fingerprint density at radius 3 is 2.60 bits per heavy atom. The van der Waals surface area contributed by atoms with E-state index in [1.54, 1.807) is 0 Å². The van der Waals surface area contributed by atoms with Gasteiger partial charge in [-0.2, -0.15) is 0 Å². The molecule has 15 heavy (non-hydrogen) atoms. The molecule has 3 unspecified atom stereocenters. The molecule has 0 aromatic carbocycles. The molecule has 1 heteroatoms. The topological polar surface area (TPSA) is 17.1 Å². The van der Waals surface area contributed by atoms with Crippen LogP contribution in [0.5, 0.6) is 0 Å². The molecule has 0 aliphatic heterocycles. The Bertz CT molecular complexity index is 271. The predicted molar refractivity (Wildman–Crippen MR) is 62.7 cm³/mol. The molecular formula is C14H24O. The Kier molecular flexibility index (Phi) is 2.68. The van der Waals surface area contributed by atoms with Crippen LogP contribution in [0.3, 0.4) is 0 Å². The molecule has 2 aliphatic carbocycles. The van der Waals surface area contributed by atoms with E-state index in [0.717, 1.165) is 0 Å². The Hall–Kier alpha value is -0.330. The molecule has 0 N–H and O–H groups in total. The summed E-state index contributed by atoms with van der Waals surface area (Å²) in [6.07, 6.45) is 8.62. The van der Waals surface area contributed by atoms with Gasteiger partial charge in [-0.1, -0.05) is 40.0 Å². The molecule has 0 saturated heterocycles. The van der Waals surface area contributed by atoms with Crippen molar-refractivity contribution in [2.24, 2.45) is 16.7 Å². The van der Waals surface area contributed by atoms with Gasteiger partial charge in [0.15, 0.2) is 0 Å². The summed E-state index contributed by atoms with van der Waals surface area (Å²) in [7, 11) is 0. The minimum atomic E-state index is 0.114. The maximum Gasteiger partial charge on any atom is 0.142 e. The number of ketones is 1. The van der Waals surface area contributed by atoms with Crippen molar-refractivity contribution in [3.8, 4) is 0 Å². The molecule has 0 aromatic rings. The van der Waals surface area contributed by atoms with Crippen molar-refractivity contribution < 1.29 is 4.79 Å². The van der Waals surface area contributed by atoms with E-state index in [-0.39, 0.29) is 5.41 Å². The summed E-state index contributed by atoms with van der Waals surface area (Å²) in [6, 6.07) is 0. The van der Waals surface area contributed by atoms with Crippen molar-refractivity contribution in [3.05, 3.63) is 0 Å². The fourth-order valence-corrected chi connectivity index (χ4v) is 3.88. The van der Waals surface area contributed by atoms with Crippen LogP contribution < -0.4 is 0 Å². The highest BCUT2D eigenvalue weighted by Gasteiger charge is 2.60. The second-order valence-electron chi connectivity index (χ2n) is 6.15. The van der Waals surface area contributed by atoms with E-state index in [9.17, 15) is 4.79 Å². The summed E-state index contributed by atoms with van der Waals surface area (Å²) >= 11 is 0. The molecule has 2 rings (SSSR count). The van der Waals surface area contributed by atoms with Gasteiger partial charge in [-0.15, -0.1) is 0 Å². The summed E-state index contributed by atoms with van der Waals surface area (Å²) in [5.74, 6) is 0.917. The summed E-state index contributed by atoms with van der Waals surface area (Å²) in [5.41, 5.74) is 0.465. The lowest BCUT2D eigenvalue weighted by atomic mass is 9.73. The molecule has 0 aromatic heterocycles. The van der Waals surface area contributed by atoms with Gasteiger partial charge >= 0.3 is 0 Å². The van der Waals surface area contributed by atoms with Gasteiger partial charge in [0.1, 0.15) is 5.78 Å². The molecule has 2 saturated carbocycles. The van der Waals surface area contributed by atoms with E-state index in [4.69, 9.17) is 0 Å². The molecule has 0 amide bonds. The highest BCUT2D eigenvalue weighted by atomic mass is 16.1. The van der Waals surface area contributed by atoms with Gasteiger partial charge in [0.25, 0.3) is 0 Å². The first kappa shape index (κ1) is 11.2. The molecule has 0 heterocycles. The number of carbonyl (C=O) groups excluding carboxylic acids is 1. The number of carbonyl (C=O) groups is 1. The largest absolute Gasteiger partial charge is 0.299 e. The van der Waals surface area contributed by atoms with Gasteiger partial charge in [0.05, 0.1) is 0 Å². The monoisotopic (exact) mass is 208 g/mol. The average Bonchev–Trinajstić information content (AvgIpc) is 2.64. The lowest BCUT2D eigenvalue weighted by molar-refractivity contribution is -0.131. The third-order valence-electron chi connectivity index (χ3n) is 5.14. The van der Waals surface area contributed by atoms with Crippen LogP contribution >= 0.6 is 0 Å². The van der Waals surface area contributed by atoms with E-state index in [0.29, 0.717) is 17.1 Å². The van der Waals surface area contributed by atoms with Gasteiger partial charge in [-0.25, -0.2) is 0 Å². The van der Waals surface area contributed by atoms with E-state index < -0.39 is 0 Å². The molecule has 2 fully saturated rings. The van der Waals surface area contributed by atoms with Crippen LogP contribution in [0.15, 0.2) is 0 Å². The van der Waals surface area contributed by atoms with Crippen molar-refractivity contribution in [1.29, 1.82) is 0 Å². The van der Waals surface area contributed by atoms with Crippen molar-refractivity contribution >= 4 is 5.78 Å². The maximum atomic E-state index is 12.3. The van der Waals surface area contributed by atoms with Gasteiger partial charge in [-0.05, 0) is 31.1 Å². The standard InChI is InChI=1S/C14H24O/c1-4-5-6-7-14-9-8-13(3,10-14)11(2)12(14)15/h11H,4-10H2,1-3H3. The number of rotatable bonds is 4. The zero-order chi connectivity index (χ0) is 11.1. The quantitative estimate of drug-likeness (QED) is 0.639. The van der Waals surface area contributed by atoms with Crippen LogP contribution in [0.4, 0.5) is 0 Å². The number of unbranched alkanes of at least 4 members (excludes halogenated alkanes) is 2. The number of hydrogen-bond acceptors (Lipinski definition) is 1. The van der Waals surface area contributed by atoms with Gasteiger partial charge < -0.3 is 0 Å². The summed E-state index contributed by atoms with van der Waals surface area (Å²) in [4.78, 5) is 12.3. The number of fused-ring (bicyclic) bond motifs is 2. The first-order valence-electron chi connectivity index (χ1n) is 6.58. The zero-order valence-corrected chi connectivity index (χ0v) is 10.4. The highest BCUT2D eigenvalue weighted by Crippen LogP contribution is 2.63. The fraction of sp³-hybridized carbons (Fsp3) is 0.929. The average molecular weight is 208 g/mol. The maximum absolute atomic E-state index is 12.3. The minimum Gasteiger partial charge on any atom is -0.299 e. The summed E-state index contributed by atoms with van der Waals surface area (Å²) in [6.45, 7) is 6.71. The lowest BCUT2D eigenvalue weighted by Gasteiger charge is -2.30. The Labute approximate surface area is 93.6 Å². The van der Waals surface area contributed by atoms with Gasteiger partial charge in [-0.3, -0.25) is 4.79 Å². The van der Waals surface area contributed by atoms with Crippen molar-refractivity contribution in [1.82, 2.24) is 0 Å². The Morgan fingerprint density at radius 2 is 2.07 bits per heavy atom. The molecule has 1 nitrogen and oxygen atoms in total. The molecule has 86 valence electrons. The van der Waals surface area contributed by atoms with E-state index >= 15 is 0 Å². The molecule has 2 bridgehead atoms. The van der Waals surface area contributed by atoms with E-state index in [2.05, 4.69) is 20.8 Å². The fourth-order valence-electron chi connectivity index (χ4n) is 3.88. The van der Waals surface area contributed by atoms with Crippen molar-refractivity contribution in [2.45, 2.75) is 65.7 Å². The smallest absolute Gasteiger partial charge is 0.142 e. The Balaban J connectivity index is 2.06. The first-order valence-corrected chi connectivity index (χ1v) is 6.58. The summed E-state index contributed by atoms with van der Waals surface area (Å²) in [5, 5.41) is 0. The van der Waals surface area contributed by atoms with Crippen molar-refractivity contribution in [3.63, 3.8) is 0 Å². The van der Waals surface area contributed by atoms with E-state index in [1.807, 2.05) is 0 Å². The number of hydrogen-bond donors (Lipinski definition) is 0. The predicted octanol–water partition coefficient (Wildman–Crippen LogP) is 3.96. The third-order valence-corrected chi connectivity index (χ3v) is 5.14. The molecule has 0 radical (unpaired) electrons. The molecule has 3 atom stereocenters. The highest BCUT2D eigenvalue weighted by molar-refractivity contribution is 5.91. The minimum absolute atomic E-state index is 0.114. The van der Waals surface area contributed by atoms with Crippen LogP contribution in [0.1, 0.15) is 65.7 Å². The van der Waals surface area contributed by atoms with Crippen LogP contribution in [-0.4, -0.2) is 5.78 Å². The zero-order valence-electron chi connectivity index (χ0n) is 10.4. The lowest BCUT2D eigenvalue weighted by Crippen LogP contribution is -2.32. The SMILES string of the molecule is CCCCCC12CCC(C)(C1)C(C)C2=O. The van der Waals surface area contributed by atoms with Crippen molar-refractivity contribution in [2.75, 3.05) is 0 Å². The molecular weight excluding hydrogens is 184 g/mol. The second-order valence-corrected chi connectivity index (χ2v) is 6.15. The van der Waals surface area contributed by atoms with Gasteiger partial charge in [0, 0.05) is 11.3 Å². The Morgan fingerprint density at radius 1 is 1.33 bits per heavy atom. The van der Waals surface area contributed by atoms with Crippen LogP contribution in [-0.2, 0) is 4.79 Å². The number of Topliss-reactive ketones (excluding diaryl/α,β-unsaturated/α-hetero) is 1. The third kappa shape index (κ3) is 1.55. The van der Waals surface area contributed by atoms with Crippen LogP contribution in [0, 0.1) is 16.7 Å². The molecule has 0 spiro atoms. The van der Waals surface area contributed by atoms with E-state index in [1.165, 1.54) is 44.9 Å². The second kappa shape index (κ2) is 3.61. The van der Waals surface area contributed by atoms with Crippen LogP contribution in [0.25, 0.3) is 0 Å². The first-order chi connectivity index (χ1) is 7.04. The summed E-state index contributed by atoms with van der Waals surface area (Å²) < 4.78 is 0. The molecule has 2 aliphatic rings.